The van der Waals surface area contributed by atoms with Gasteiger partial charge in [0.15, 0.2) is 0 Å². The van der Waals surface area contributed by atoms with Crippen LogP contribution in [-0.2, 0) is 14.8 Å². The van der Waals surface area contributed by atoms with Crippen molar-refractivity contribution in [3.05, 3.63) is 29.8 Å². The second-order valence-corrected chi connectivity index (χ2v) is 10.6. The van der Waals surface area contributed by atoms with E-state index in [0.717, 1.165) is 51.4 Å². The highest BCUT2D eigenvalue weighted by atomic mass is 32.2. The summed E-state index contributed by atoms with van der Waals surface area (Å²) >= 11 is 0. The molecule has 0 radical (unpaired) electrons. The van der Waals surface area contributed by atoms with E-state index in [1.165, 1.54) is 6.07 Å². The summed E-state index contributed by atoms with van der Waals surface area (Å²) in [4.78, 5) is 27.0. The predicted octanol–water partition coefficient (Wildman–Crippen LogP) is 2.38. The molecule has 7 nitrogen and oxygen atoms in total. The molecule has 0 spiro atoms. The fourth-order valence-corrected chi connectivity index (χ4v) is 5.89. The van der Waals surface area contributed by atoms with E-state index in [4.69, 9.17) is 0 Å². The second kappa shape index (κ2) is 9.06. The van der Waals surface area contributed by atoms with Gasteiger partial charge in [0.1, 0.15) is 0 Å². The molecule has 1 N–H and O–H groups in total. The highest BCUT2D eigenvalue weighted by Gasteiger charge is 2.35. The molecule has 3 aliphatic rings. The standard InChI is InChI=1S/C22H31N3O4S/c26-21(23-19-10-14-24(15-11-19)22(27)17-8-9-17)18-6-5-7-20(16-18)30(28,29)25-12-3-1-2-4-13-25/h5-7,16-17,19H,1-4,8-15H2,(H,23,26). The molecular weight excluding hydrogens is 402 g/mol. The minimum absolute atomic E-state index is 0.00613. The largest absolute Gasteiger partial charge is 0.349 e. The molecule has 8 heteroatoms. The van der Waals surface area contributed by atoms with Crippen molar-refractivity contribution in [1.29, 1.82) is 0 Å². The zero-order chi connectivity index (χ0) is 21.1. The summed E-state index contributed by atoms with van der Waals surface area (Å²) in [5.74, 6) is 0.228. The first-order valence-corrected chi connectivity index (χ1v) is 12.6. The van der Waals surface area contributed by atoms with Crippen molar-refractivity contribution in [1.82, 2.24) is 14.5 Å². The average Bonchev–Trinajstić information content (AvgIpc) is 3.61. The van der Waals surface area contributed by atoms with Crippen LogP contribution < -0.4 is 5.32 Å². The number of carbonyl (C=O) groups is 2. The molecule has 0 unspecified atom stereocenters. The van der Waals surface area contributed by atoms with Crippen LogP contribution >= 0.6 is 0 Å². The highest BCUT2D eigenvalue weighted by molar-refractivity contribution is 7.89. The molecule has 0 atom stereocenters. The molecule has 30 heavy (non-hydrogen) atoms. The molecule has 1 aliphatic carbocycles. The van der Waals surface area contributed by atoms with E-state index in [1.807, 2.05) is 4.90 Å². The normalized spacial score (nSPS) is 21.8. The molecule has 2 amide bonds. The van der Waals surface area contributed by atoms with E-state index in [1.54, 1.807) is 22.5 Å². The van der Waals surface area contributed by atoms with Gasteiger partial charge in [-0.1, -0.05) is 18.9 Å². The number of sulfonamides is 1. The van der Waals surface area contributed by atoms with E-state index in [-0.39, 0.29) is 28.7 Å². The van der Waals surface area contributed by atoms with Crippen LogP contribution in [0.2, 0.25) is 0 Å². The summed E-state index contributed by atoms with van der Waals surface area (Å²) in [5, 5.41) is 3.02. The first-order chi connectivity index (χ1) is 14.4. The van der Waals surface area contributed by atoms with Crippen LogP contribution in [0.3, 0.4) is 0 Å². The highest BCUT2D eigenvalue weighted by Crippen LogP contribution is 2.32. The summed E-state index contributed by atoms with van der Waals surface area (Å²) < 4.78 is 27.6. The fourth-order valence-electron chi connectivity index (χ4n) is 4.33. The Morgan fingerprint density at radius 1 is 0.900 bits per heavy atom. The first-order valence-electron chi connectivity index (χ1n) is 11.1. The Bertz CT molecular complexity index is 881. The molecule has 164 valence electrons. The number of hydrogen-bond donors (Lipinski definition) is 1. The van der Waals surface area contributed by atoms with Gasteiger partial charge < -0.3 is 10.2 Å². The number of carbonyl (C=O) groups excluding carboxylic acids is 2. The Hall–Kier alpha value is -1.93. The molecular formula is C22H31N3O4S. The summed E-state index contributed by atoms with van der Waals surface area (Å²) in [6, 6.07) is 6.35. The zero-order valence-electron chi connectivity index (χ0n) is 17.4. The number of likely N-dealkylation sites (tertiary alicyclic amines) is 1. The van der Waals surface area contributed by atoms with Crippen LogP contribution in [-0.4, -0.2) is 61.7 Å². The molecule has 2 saturated heterocycles. The van der Waals surface area contributed by atoms with Crippen LogP contribution in [0.1, 0.15) is 61.7 Å². The molecule has 2 heterocycles. The van der Waals surface area contributed by atoms with Crippen LogP contribution in [0.25, 0.3) is 0 Å². The van der Waals surface area contributed by atoms with E-state index < -0.39 is 10.0 Å². The Balaban J connectivity index is 1.37. The molecule has 0 aromatic heterocycles. The quantitative estimate of drug-likeness (QED) is 0.772. The smallest absolute Gasteiger partial charge is 0.251 e. The van der Waals surface area contributed by atoms with Crippen LogP contribution in [0, 0.1) is 5.92 Å². The maximum absolute atomic E-state index is 13.0. The van der Waals surface area contributed by atoms with Crippen molar-refractivity contribution in [2.75, 3.05) is 26.2 Å². The number of rotatable bonds is 5. The molecule has 4 rings (SSSR count). The third-order valence-electron chi connectivity index (χ3n) is 6.37. The van der Waals surface area contributed by atoms with Crippen molar-refractivity contribution in [2.45, 2.75) is 62.3 Å². The average molecular weight is 434 g/mol. The lowest BCUT2D eigenvalue weighted by molar-refractivity contribution is -0.133. The molecule has 1 saturated carbocycles. The third kappa shape index (κ3) is 4.86. The maximum Gasteiger partial charge on any atom is 0.251 e. The summed E-state index contributed by atoms with van der Waals surface area (Å²) in [7, 11) is -3.58. The molecule has 1 aromatic rings. The van der Waals surface area contributed by atoms with E-state index >= 15 is 0 Å². The van der Waals surface area contributed by atoms with Crippen molar-refractivity contribution in [3.8, 4) is 0 Å². The van der Waals surface area contributed by atoms with Gasteiger partial charge in [-0.2, -0.15) is 4.31 Å². The lowest BCUT2D eigenvalue weighted by Gasteiger charge is -2.32. The van der Waals surface area contributed by atoms with Gasteiger partial charge >= 0.3 is 0 Å². The van der Waals surface area contributed by atoms with Gasteiger partial charge in [0.2, 0.25) is 15.9 Å². The minimum atomic E-state index is -3.58. The minimum Gasteiger partial charge on any atom is -0.349 e. The van der Waals surface area contributed by atoms with E-state index in [9.17, 15) is 18.0 Å². The van der Waals surface area contributed by atoms with Gasteiger partial charge in [0.05, 0.1) is 4.90 Å². The third-order valence-corrected chi connectivity index (χ3v) is 8.26. The van der Waals surface area contributed by atoms with Gasteiger partial charge in [-0.05, 0) is 56.7 Å². The summed E-state index contributed by atoms with van der Waals surface area (Å²) in [6.45, 7) is 2.42. The van der Waals surface area contributed by atoms with E-state index in [2.05, 4.69) is 5.32 Å². The van der Waals surface area contributed by atoms with Gasteiger partial charge in [0, 0.05) is 43.7 Å². The Morgan fingerprint density at radius 3 is 2.20 bits per heavy atom. The lowest BCUT2D eigenvalue weighted by Crippen LogP contribution is -2.47. The summed E-state index contributed by atoms with van der Waals surface area (Å²) in [5.41, 5.74) is 0.363. The number of nitrogens with zero attached hydrogens (tertiary/aromatic N) is 2. The second-order valence-electron chi connectivity index (χ2n) is 8.69. The molecule has 3 fully saturated rings. The van der Waals surface area contributed by atoms with Gasteiger partial charge in [-0.25, -0.2) is 8.42 Å². The molecule has 1 aromatic carbocycles. The summed E-state index contributed by atoms with van der Waals surface area (Å²) in [6.07, 6.45) is 7.34. The van der Waals surface area contributed by atoms with Crippen molar-refractivity contribution >= 4 is 21.8 Å². The monoisotopic (exact) mass is 433 g/mol. The number of nitrogens with one attached hydrogen (secondary N) is 1. The van der Waals surface area contributed by atoms with Crippen molar-refractivity contribution < 1.29 is 18.0 Å². The maximum atomic E-state index is 13.0. The van der Waals surface area contributed by atoms with Crippen molar-refractivity contribution in [3.63, 3.8) is 0 Å². The Kier molecular flexibility index (Phi) is 6.43. The zero-order valence-corrected chi connectivity index (χ0v) is 18.2. The molecule has 2 aliphatic heterocycles. The lowest BCUT2D eigenvalue weighted by atomic mass is 10.0. The van der Waals surface area contributed by atoms with Crippen LogP contribution in [0.4, 0.5) is 0 Å². The van der Waals surface area contributed by atoms with Crippen molar-refractivity contribution in [2.24, 2.45) is 5.92 Å². The van der Waals surface area contributed by atoms with Gasteiger partial charge in [-0.15, -0.1) is 0 Å². The Labute approximate surface area is 178 Å². The van der Waals surface area contributed by atoms with E-state index in [0.29, 0.717) is 31.7 Å². The van der Waals surface area contributed by atoms with Crippen LogP contribution in [0.15, 0.2) is 29.2 Å². The SMILES string of the molecule is O=C(NC1CCN(C(=O)C2CC2)CC1)c1cccc(S(=O)(=O)N2CCCCCC2)c1. The van der Waals surface area contributed by atoms with Crippen LogP contribution in [0.5, 0.6) is 0 Å². The fraction of sp³-hybridized carbons (Fsp3) is 0.636. The van der Waals surface area contributed by atoms with Gasteiger partial charge in [-0.3, -0.25) is 9.59 Å². The number of hydrogen-bond acceptors (Lipinski definition) is 4. The molecule has 0 bridgehead atoms. The first kappa shape index (κ1) is 21.3. The number of benzene rings is 1. The predicted molar refractivity (Wildman–Crippen MR) is 113 cm³/mol. The topological polar surface area (TPSA) is 86.8 Å². The Morgan fingerprint density at radius 2 is 1.57 bits per heavy atom. The van der Waals surface area contributed by atoms with Gasteiger partial charge in [0.25, 0.3) is 5.91 Å². The number of amides is 2. The number of piperidine rings is 1.